The standard InChI is InChI=1S/C20H26BrN5O2S/c1-3-28-12-17-24-18-19(15-5-4-14(21)10-16(15)23-20(18)22)26(17)11-13-6-8-25(9-7-13)29(2)27/h4-5,10,13H,3,6-9,11-12H2,1-2H3,(H2,22,23). The highest BCUT2D eigenvalue weighted by atomic mass is 79.9. The van der Waals surface area contributed by atoms with Crippen molar-refractivity contribution < 1.29 is 9.29 Å². The molecule has 0 saturated carbocycles. The van der Waals surface area contributed by atoms with Crippen LogP contribution in [0.3, 0.4) is 0 Å². The first kappa shape index (κ1) is 20.9. The molecule has 156 valence electrons. The third-order valence-electron chi connectivity index (χ3n) is 5.56. The van der Waals surface area contributed by atoms with E-state index in [1.807, 2.05) is 23.4 Å². The fraction of sp³-hybridized carbons (Fsp3) is 0.500. The van der Waals surface area contributed by atoms with Crippen LogP contribution in [0, 0.1) is 5.92 Å². The Morgan fingerprint density at radius 2 is 2.07 bits per heavy atom. The fourth-order valence-electron chi connectivity index (χ4n) is 4.04. The molecule has 4 rings (SSSR count). The Labute approximate surface area is 182 Å². The molecular weight excluding hydrogens is 454 g/mol. The number of nitrogen functional groups attached to an aromatic ring is 1. The van der Waals surface area contributed by atoms with Gasteiger partial charge in [-0.15, -0.1) is 4.31 Å². The van der Waals surface area contributed by atoms with Crippen molar-refractivity contribution in [2.24, 2.45) is 5.92 Å². The van der Waals surface area contributed by atoms with Gasteiger partial charge in [-0.2, -0.15) is 0 Å². The van der Waals surface area contributed by atoms with Crippen molar-refractivity contribution >= 4 is 55.0 Å². The monoisotopic (exact) mass is 479 g/mol. The summed E-state index contributed by atoms with van der Waals surface area (Å²) in [6.45, 7) is 5.62. The van der Waals surface area contributed by atoms with Crippen molar-refractivity contribution in [3.05, 3.63) is 28.5 Å². The Morgan fingerprint density at radius 3 is 2.76 bits per heavy atom. The smallest absolute Gasteiger partial charge is 0.152 e. The van der Waals surface area contributed by atoms with Crippen molar-refractivity contribution in [3.8, 4) is 0 Å². The molecule has 1 saturated heterocycles. The highest BCUT2D eigenvalue weighted by molar-refractivity contribution is 9.10. The van der Waals surface area contributed by atoms with Crippen LogP contribution in [0.1, 0.15) is 25.6 Å². The van der Waals surface area contributed by atoms with Gasteiger partial charge >= 0.3 is 0 Å². The molecule has 0 bridgehead atoms. The van der Waals surface area contributed by atoms with Crippen LogP contribution in [-0.4, -0.2) is 49.3 Å². The first-order valence-electron chi connectivity index (χ1n) is 9.88. The SMILES string of the molecule is CCOCc1nc2c(N)nc3cc(Br)ccc3c2n1CC1CCN([S+](C)[O-])CC1. The van der Waals surface area contributed by atoms with Gasteiger partial charge in [-0.05, 0) is 43.9 Å². The summed E-state index contributed by atoms with van der Waals surface area (Å²) in [5, 5.41) is 1.04. The number of piperidine rings is 1. The molecule has 2 aromatic heterocycles. The summed E-state index contributed by atoms with van der Waals surface area (Å²) in [6, 6.07) is 6.08. The number of rotatable bonds is 6. The number of anilines is 1. The Hall–Kier alpha value is -1.39. The largest absolute Gasteiger partial charge is 0.598 e. The van der Waals surface area contributed by atoms with E-state index in [0.29, 0.717) is 24.9 Å². The van der Waals surface area contributed by atoms with Crippen LogP contribution in [0.25, 0.3) is 21.9 Å². The van der Waals surface area contributed by atoms with Crippen LogP contribution in [0.2, 0.25) is 0 Å². The number of nitrogens with zero attached hydrogens (tertiary/aromatic N) is 4. The molecule has 1 unspecified atom stereocenters. The zero-order valence-corrected chi connectivity index (χ0v) is 19.1. The van der Waals surface area contributed by atoms with Gasteiger partial charge in [0.1, 0.15) is 24.2 Å². The normalized spacial score (nSPS) is 17.4. The topological polar surface area (TPSA) is 92.3 Å². The van der Waals surface area contributed by atoms with Gasteiger partial charge in [-0.1, -0.05) is 15.9 Å². The summed E-state index contributed by atoms with van der Waals surface area (Å²) in [7, 11) is 0. The lowest BCUT2D eigenvalue weighted by molar-refractivity contribution is 0.124. The number of nitrogens with two attached hydrogens (primary N) is 1. The van der Waals surface area contributed by atoms with Crippen molar-refractivity contribution in [1.29, 1.82) is 0 Å². The van der Waals surface area contributed by atoms with E-state index in [9.17, 15) is 4.55 Å². The number of benzene rings is 1. The molecule has 1 atom stereocenters. The molecule has 7 nitrogen and oxygen atoms in total. The van der Waals surface area contributed by atoms with Gasteiger partial charge in [0, 0.05) is 47.5 Å². The molecule has 1 fully saturated rings. The van der Waals surface area contributed by atoms with Gasteiger partial charge in [-0.25, -0.2) is 9.97 Å². The molecule has 0 radical (unpaired) electrons. The third-order valence-corrected chi connectivity index (χ3v) is 7.14. The molecule has 1 aromatic carbocycles. The number of aromatic nitrogens is 3. The summed E-state index contributed by atoms with van der Waals surface area (Å²) >= 11 is 2.63. The molecule has 2 N–H and O–H groups in total. The van der Waals surface area contributed by atoms with E-state index in [1.54, 1.807) is 6.26 Å². The van der Waals surface area contributed by atoms with Gasteiger partial charge in [0.2, 0.25) is 0 Å². The predicted octanol–water partition coefficient (Wildman–Crippen LogP) is 3.47. The molecule has 1 aliphatic rings. The van der Waals surface area contributed by atoms with E-state index in [2.05, 4.69) is 31.5 Å². The maximum Gasteiger partial charge on any atom is 0.152 e. The summed E-state index contributed by atoms with van der Waals surface area (Å²) in [4.78, 5) is 9.38. The second-order valence-electron chi connectivity index (χ2n) is 7.43. The first-order valence-corrected chi connectivity index (χ1v) is 12.2. The van der Waals surface area contributed by atoms with E-state index < -0.39 is 11.4 Å². The highest BCUT2D eigenvalue weighted by Crippen LogP contribution is 2.32. The molecule has 9 heteroatoms. The van der Waals surface area contributed by atoms with E-state index >= 15 is 0 Å². The summed E-state index contributed by atoms with van der Waals surface area (Å²) in [6.07, 6.45) is 3.78. The maximum absolute atomic E-state index is 11.8. The number of fused-ring (bicyclic) bond motifs is 3. The zero-order valence-electron chi connectivity index (χ0n) is 16.7. The quantitative estimate of drug-likeness (QED) is 0.544. The van der Waals surface area contributed by atoms with E-state index in [4.69, 9.17) is 15.5 Å². The fourth-order valence-corrected chi connectivity index (χ4v) is 5.11. The number of imidazole rings is 1. The molecule has 29 heavy (non-hydrogen) atoms. The van der Waals surface area contributed by atoms with E-state index in [1.165, 1.54) is 0 Å². The molecule has 0 aliphatic carbocycles. The Balaban J connectivity index is 1.76. The van der Waals surface area contributed by atoms with Gasteiger partial charge < -0.3 is 19.6 Å². The van der Waals surface area contributed by atoms with Gasteiger partial charge in [0.25, 0.3) is 0 Å². The lowest BCUT2D eigenvalue weighted by atomic mass is 9.98. The molecule has 3 aromatic rings. The second-order valence-corrected chi connectivity index (χ2v) is 9.71. The number of hydrogen-bond acceptors (Lipinski definition) is 6. The molecule has 0 spiro atoms. The number of hydrogen-bond donors (Lipinski definition) is 1. The molecular formula is C20H26BrN5O2S. The van der Waals surface area contributed by atoms with Crippen molar-refractivity contribution in [1.82, 2.24) is 18.8 Å². The van der Waals surface area contributed by atoms with Crippen molar-refractivity contribution in [2.45, 2.75) is 32.9 Å². The van der Waals surface area contributed by atoms with Crippen LogP contribution in [0.5, 0.6) is 0 Å². The summed E-state index contributed by atoms with van der Waals surface area (Å²) in [5.41, 5.74) is 8.90. The summed E-state index contributed by atoms with van der Waals surface area (Å²) < 4.78 is 22.7. The Kier molecular flexibility index (Phi) is 6.31. The number of pyridine rings is 1. The average molecular weight is 480 g/mol. The minimum Gasteiger partial charge on any atom is -0.598 e. The van der Waals surface area contributed by atoms with Crippen molar-refractivity contribution in [2.75, 3.05) is 31.7 Å². The lowest BCUT2D eigenvalue weighted by Crippen LogP contribution is -2.38. The van der Waals surface area contributed by atoms with Gasteiger partial charge in [0.15, 0.2) is 5.82 Å². The molecule has 0 amide bonds. The summed E-state index contributed by atoms with van der Waals surface area (Å²) in [5.74, 6) is 1.82. The van der Waals surface area contributed by atoms with Crippen LogP contribution >= 0.6 is 15.9 Å². The lowest BCUT2D eigenvalue weighted by Gasteiger charge is -2.31. The van der Waals surface area contributed by atoms with Crippen LogP contribution in [0.4, 0.5) is 5.82 Å². The highest BCUT2D eigenvalue weighted by Gasteiger charge is 2.27. The minimum absolute atomic E-state index is 0.443. The van der Waals surface area contributed by atoms with Crippen LogP contribution in [-0.2, 0) is 29.3 Å². The zero-order chi connectivity index (χ0) is 20.5. The molecule has 3 heterocycles. The predicted molar refractivity (Wildman–Crippen MR) is 121 cm³/mol. The second kappa shape index (κ2) is 8.77. The molecule has 1 aliphatic heterocycles. The first-order chi connectivity index (χ1) is 14.0. The Morgan fingerprint density at radius 1 is 1.31 bits per heavy atom. The number of ether oxygens (including phenoxy) is 1. The average Bonchev–Trinajstić information content (AvgIpc) is 3.05. The van der Waals surface area contributed by atoms with Gasteiger partial charge in [0.05, 0.1) is 11.0 Å². The minimum atomic E-state index is -0.896. The number of halogens is 1. The third kappa shape index (κ3) is 4.25. The van der Waals surface area contributed by atoms with Crippen LogP contribution in [0.15, 0.2) is 22.7 Å². The van der Waals surface area contributed by atoms with Gasteiger partial charge in [-0.3, -0.25) is 0 Å². The van der Waals surface area contributed by atoms with E-state index in [-0.39, 0.29) is 0 Å². The van der Waals surface area contributed by atoms with Crippen LogP contribution < -0.4 is 5.73 Å². The Bertz CT molecular complexity index is 1020. The van der Waals surface area contributed by atoms with E-state index in [0.717, 1.165) is 64.7 Å². The van der Waals surface area contributed by atoms with Crippen molar-refractivity contribution in [3.63, 3.8) is 0 Å². The maximum atomic E-state index is 11.8.